The minimum absolute atomic E-state index is 0.113. The fourth-order valence-corrected chi connectivity index (χ4v) is 4.87. The van der Waals surface area contributed by atoms with Gasteiger partial charge in [0.05, 0.1) is 18.5 Å². The van der Waals surface area contributed by atoms with E-state index in [-0.39, 0.29) is 6.54 Å². The van der Waals surface area contributed by atoms with Gasteiger partial charge in [0.2, 0.25) is 15.2 Å². The number of anilines is 2. The molecule has 1 aromatic heterocycles. The largest absolute Gasteiger partial charge is 0.476 e. The van der Waals surface area contributed by atoms with Crippen molar-refractivity contribution in [3.63, 3.8) is 0 Å². The zero-order chi connectivity index (χ0) is 19.6. The van der Waals surface area contributed by atoms with Crippen molar-refractivity contribution in [1.29, 1.82) is 0 Å². The maximum atomic E-state index is 12.6. The van der Waals surface area contributed by atoms with E-state index in [1.165, 1.54) is 27.4 Å². The lowest BCUT2D eigenvalue weighted by Gasteiger charge is -2.34. The molecule has 1 atom stereocenters. The number of ether oxygens (including phenoxy) is 1. The SMILES string of the molecule is C=CCSc1nnc(NC(=O)[C@H]2CN(S(C)(=O)=O)c3cc(C)ccc3O2)s1. The quantitative estimate of drug-likeness (QED) is 0.430. The van der Waals surface area contributed by atoms with Gasteiger partial charge in [0.25, 0.3) is 5.91 Å². The third-order valence-corrected chi connectivity index (χ3v) is 6.75. The third kappa shape index (κ3) is 4.60. The number of carbonyl (C=O) groups excluding carboxylic acids is 1. The van der Waals surface area contributed by atoms with Crippen LogP contribution in [0.2, 0.25) is 0 Å². The van der Waals surface area contributed by atoms with Crippen molar-refractivity contribution in [3.8, 4) is 5.75 Å². The van der Waals surface area contributed by atoms with Crippen molar-refractivity contribution in [1.82, 2.24) is 10.2 Å². The van der Waals surface area contributed by atoms with E-state index in [0.29, 0.717) is 26.7 Å². The van der Waals surface area contributed by atoms with Crippen LogP contribution < -0.4 is 14.4 Å². The molecule has 0 bridgehead atoms. The molecule has 0 aliphatic carbocycles. The third-order valence-electron chi connectivity index (χ3n) is 3.64. The van der Waals surface area contributed by atoms with Crippen LogP contribution in [0, 0.1) is 6.92 Å². The van der Waals surface area contributed by atoms with Crippen LogP contribution in [0.1, 0.15) is 5.56 Å². The number of sulfonamides is 1. The van der Waals surface area contributed by atoms with Crippen LogP contribution in [-0.2, 0) is 14.8 Å². The number of carbonyl (C=O) groups is 1. The molecule has 0 unspecified atom stereocenters. The summed E-state index contributed by atoms with van der Waals surface area (Å²) in [6, 6.07) is 5.18. The second-order valence-corrected chi connectivity index (χ2v) is 9.99. The summed E-state index contributed by atoms with van der Waals surface area (Å²) in [6.45, 7) is 5.38. The van der Waals surface area contributed by atoms with Gasteiger partial charge in [-0.25, -0.2) is 8.42 Å². The molecule has 2 aromatic rings. The molecular formula is C16H18N4O4S3. The highest BCUT2D eigenvalue weighted by molar-refractivity contribution is 8.01. The van der Waals surface area contributed by atoms with Crippen LogP contribution in [0.25, 0.3) is 0 Å². The van der Waals surface area contributed by atoms with Crippen LogP contribution in [0.4, 0.5) is 10.8 Å². The number of hydrogen-bond acceptors (Lipinski definition) is 8. The lowest BCUT2D eigenvalue weighted by atomic mass is 10.1. The van der Waals surface area contributed by atoms with E-state index in [1.54, 1.807) is 24.3 Å². The van der Waals surface area contributed by atoms with Gasteiger partial charge in [0, 0.05) is 5.75 Å². The molecule has 1 aliphatic heterocycles. The van der Waals surface area contributed by atoms with Crippen molar-refractivity contribution < 1.29 is 17.9 Å². The average molecular weight is 427 g/mol. The molecule has 0 saturated heterocycles. The molecule has 0 fully saturated rings. The normalized spacial score (nSPS) is 16.4. The van der Waals surface area contributed by atoms with Gasteiger partial charge in [0.1, 0.15) is 5.75 Å². The van der Waals surface area contributed by atoms with E-state index < -0.39 is 22.0 Å². The Kier molecular flexibility index (Phi) is 5.72. The number of nitrogens with zero attached hydrogens (tertiary/aromatic N) is 3. The number of aryl methyl sites for hydroxylation is 1. The lowest BCUT2D eigenvalue weighted by Crippen LogP contribution is -2.48. The Morgan fingerprint density at radius 1 is 1.52 bits per heavy atom. The minimum Gasteiger partial charge on any atom is -0.476 e. The molecule has 1 amide bonds. The number of fused-ring (bicyclic) bond motifs is 1. The van der Waals surface area contributed by atoms with Crippen molar-refractivity contribution in [2.75, 3.05) is 28.2 Å². The maximum absolute atomic E-state index is 12.6. The summed E-state index contributed by atoms with van der Waals surface area (Å²) in [5.74, 6) is 0.552. The number of thioether (sulfide) groups is 1. The van der Waals surface area contributed by atoms with E-state index in [9.17, 15) is 13.2 Å². The first-order valence-corrected chi connectivity index (χ1v) is 11.6. The Labute approximate surface area is 165 Å². The Morgan fingerprint density at radius 3 is 3.00 bits per heavy atom. The number of aromatic nitrogens is 2. The first-order chi connectivity index (χ1) is 12.8. The van der Waals surface area contributed by atoms with E-state index in [0.717, 1.165) is 11.8 Å². The van der Waals surface area contributed by atoms with Crippen LogP contribution in [0.5, 0.6) is 5.75 Å². The van der Waals surface area contributed by atoms with Gasteiger partial charge in [-0.15, -0.1) is 16.8 Å². The summed E-state index contributed by atoms with van der Waals surface area (Å²) in [5, 5.41) is 10.9. The maximum Gasteiger partial charge on any atom is 0.269 e. The smallest absolute Gasteiger partial charge is 0.269 e. The van der Waals surface area contributed by atoms with Crippen LogP contribution in [0.3, 0.4) is 0 Å². The number of benzene rings is 1. The van der Waals surface area contributed by atoms with Crippen molar-refractivity contribution in [2.45, 2.75) is 17.4 Å². The predicted molar refractivity (Wildman–Crippen MR) is 107 cm³/mol. The molecule has 0 saturated carbocycles. The van der Waals surface area contributed by atoms with Gasteiger partial charge in [-0.05, 0) is 24.6 Å². The first kappa shape index (κ1) is 19.6. The zero-order valence-electron chi connectivity index (χ0n) is 14.7. The van der Waals surface area contributed by atoms with Crippen molar-refractivity contribution in [3.05, 3.63) is 36.4 Å². The fourth-order valence-electron chi connectivity index (χ4n) is 2.45. The topological polar surface area (TPSA) is 101 Å². The molecule has 2 heterocycles. The molecule has 1 N–H and O–H groups in total. The fraction of sp³-hybridized carbons (Fsp3) is 0.312. The highest BCUT2D eigenvalue weighted by Crippen LogP contribution is 2.36. The van der Waals surface area contributed by atoms with E-state index in [1.807, 2.05) is 6.92 Å². The molecule has 8 nitrogen and oxygen atoms in total. The standard InChI is InChI=1S/C16H18N4O4S3/c1-4-7-25-16-19-18-15(26-16)17-14(21)13-9-20(27(3,22)23)11-8-10(2)5-6-12(11)24-13/h4-6,8,13H,1,7,9H2,2-3H3,(H,17,18,21)/t13-/m1/s1. The molecule has 27 heavy (non-hydrogen) atoms. The van der Waals surface area contributed by atoms with Gasteiger partial charge in [0.15, 0.2) is 10.4 Å². The zero-order valence-corrected chi connectivity index (χ0v) is 17.2. The molecule has 11 heteroatoms. The molecule has 144 valence electrons. The van der Waals surface area contributed by atoms with Crippen LogP contribution in [-0.4, -0.2) is 49.2 Å². The van der Waals surface area contributed by atoms with E-state index in [4.69, 9.17) is 4.74 Å². The second-order valence-electron chi connectivity index (χ2n) is 5.83. The summed E-state index contributed by atoms with van der Waals surface area (Å²) in [6.07, 6.45) is 1.86. The molecule has 1 aliphatic rings. The summed E-state index contributed by atoms with van der Waals surface area (Å²) in [5.41, 5.74) is 1.33. The van der Waals surface area contributed by atoms with Crippen LogP contribution in [0.15, 0.2) is 35.2 Å². The van der Waals surface area contributed by atoms with Gasteiger partial charge >= 0.3 is 0 Å². The molecular weight excluding hydrogens is 408 g/mol. The minimum atomic E-state index is -3.57. The number of nitrogens with one attached hydrogen (secondary N) is 1. The Bertz CT molecular complexity index is 974. The Balaban J connectivity index is 1.78. The van der Waals surface area contributed by atoms with E-state index >= 15 is 0 Å². The summed E-state index contributed by atoms with van der Waals surface area (Å²) >= 11 is 2.69. The molecule has 3 rings (SSSR count). The summed E-state index contributed by atoms with van der Waals surface area (Å²) in [4.78, 5) is 12.6. The highest BCUT2D eigenvalue weighted by Gasteiger charge is 2.35. The van der Waals surface area contributed by atoms with Gasteiger partial charge in [-0.1, -0.05) is 35.2 Å². The summed E-state index contributed by atoms with van der Waals surface area (Å²) < 4.78 is 32.0. The lowest BCUT2D eigenvalue weighted by molar-refractivity contribution is -0.122. The van der Waals surface area contributed by atoms with Crippen molar-refractivity contribution in [2.24, 2.45) is 0 Å². The van der Waals surface area contributed by atoms with Gasteiger partial charge < -0.3 is 4.74 Å². The van der Waals surface area contributed by atoms with Gasteiger partial charge in [-0.2, -0.15) is 0 Å². The number of amides is 1. The number of rotatable bonds is 6. The molecule has 0 radical (unpaired) electrons. The average Bonchev–Trinajstić information content (AvgIpc) is 3.05. The second kappa shape index (κ2) is 7.87. The van der Waals surface area contributed by atoms with Crippen molar-refractivity contribution >= 4 is 49.8 Å². The van der Waals surface area contributed by atoms with E-state index in [2.05, 4.69) is 22.1 Å². The Morgan fingerprint density at radius 2 is 2.30 bits per heavy atom. The molecule has 1 aromatic carbocycles. The molecule has 0 spiro atoms. The first-order valence-electron chi connectivity index (χ1n) is 7.91. The Hall–Kier alpha value is -2.11. The monoisotopic (exact) mass is 426 g/mol. The predicted octanol–water partition coefficient (Wildman–Crippen LogP) is 2.29. The number of hydrogen-bond donors (Lipinski definition) is 1. The summed E-state index contributed by atoms with van der Waals surface area (Å²) in [7, 11) is -3.57. The highest BCUT2D eigenvalue weighted by atomic mass is 32.2. The van der Waals surface area contributed by atoms with Crippen LogP contribution >= 0.6 is 23.1 Å². The van der Waals surface area contributed by atoms with Gasteiger partial charge in [-0.3, -0.25) is 14.4 Å².